The molecule has 7 rings (SSSR count). The van der Waals surface area contributed by atoms with Crippen molar-refractivity contribution in [2.75, 3.05) is 53.1 Å². The molecule has 0 spiro atoms. The van der Waals surface area contributed by atoms with Gasteiger partial charge in [-0.15, -0.1) is 6.58 Å². The molecule has 1 saturated carbocycles. The lowest BCUT2D eigenvalue weighted by molar-refractivity contribution is -0.385. The third kappa shape index (κ3) is 10.3. The summed E-state index contributed by atoms with van der Waals surface area (Å²) in [7, 11) is 1.58. The van der Waals surface area contributed by atoms with Crippen molar-refractivity contribution in [1.29, 1.82) is 0 Å². The number of amides is 1. The van der Waals surface area contributed by atoms with E-state index in [1.807, 2.05) is 18.2 Å². The number of nitro benzene ring substituents is 2. The minimum Gasteiger partial charge on any atom is -0.492 e. The van der Waals surface area contributed by atoms with Crippen LogP contribution < -0.4 is 14.2 Å². The van der Waals surface area contributed by atoms with E-state index in [0.29, 0.717) is 42.2 Å². The van der Waals surface area contributed by atoms with E-state index in [-0.39, 0.29) is 67.7 Å². The van der Waals surface area contributed by atoms with Crippen LogP contribution in [0.15, 0.2) is 96.2 Å². The Morgan fingerprint density at radius 2 is 1.63 bits per heavy atom. The van der Waals surface area contributed by atoms with Gasteiger partial charge in [-0.3, -0.25) is 25.1 Å². The Bertz CT molecular complexity index is 2160. The van der Waals surface area contributed by atoms with Gasteiger partial charge in [0.1, 0.15) is 36.5 Å². The predicted molar refractivity (Wildman–Crippen MR) is 232 cm³/mol. The number of rotatable bonds is 22. The lowest BCUT2D eigenvalue weighted by Crippen LogP contribution is -2.69. The third-order valence-electron chi connectivity index (χ3n) is 12.4. The van der Waals surface area contributed by atoms with Gasteiger partial charge in [-0.1, -0.05) is 30.1 Å². The van der Waals surface area contributed by atoms with Gasteiger partial charge in [-0.25, -0.2) is 4.79 Å². The van der Waals surface area contributed by atoms with Crippen LogP contribution in [-0.2, 0) is 16.2 Å². The van der Waals surface area contributed by atoms with Crippen molar-refractivity contribution >= 4 is 23.2 Å². The Balaban J connectivity index is 1.35. The second kappa shape index (κ2) is 20.5. The predicted octanol–water partition coefficient (Wildman–Crippen LogP) is 7.16. The van der Waals surface area contributed by atoms with Crippen LogP contribution in [-0.4, -0.2) is 107 Å². The van der Waals surface area contributed by atoms with Crippen LogP contribution in [0, 0.1) is 38.0 Å². The van der Waals surface area contributed by atoms with Crippen LogP contribution in [0.2, 0.25) is 0 Å². The number of aliphatic hydroxyl groups excluding tert-OH is 2. The molecule has 3 aromatic rings. The zero-order valence-corrected chi connectivity index (χ0v) is 35.4. The fourth-order valence-corrected chi connectivity index (χ4v) is 9.24. The molecule has 1 saturated heterocycles. The molecule has 2 fully saturated rings. The first kappa shape index (κ1) is 45.2. The number of nitro groups is 2. The van der Waals surface area contributed by atoms with E-state index in [0.717, 1.165) is 56.5 Å². The summed E-state index contributed by atoms with van der Waals surface area (Å²) in [6, 6.07) is 16.2. The molecular weight excluding hydrogens is 815 g/mol. The van der Waals surface area contributed by atoms with Gasteiger partial charge in [0.2, 0.25) is 5.79 Å². The van der Waals surface area contributed by atoms with Gasteiger partial charge in [0.05, 0.1) is 28.1 Å². The van der Waals surface area contributed by atoms with Gasteiger partial charge >= 0.3 is 6.09 Å². The van der Waals surface area contributed by atoms with Crippen molar-refractivity contribution in [3.8, 4) is 17.2 Å². The van der Waals surface area contributed by atoms with Crippen molar-refractivity contribution < 1.29 is 48.6 Å². The monoisotopic (exact) mass is 869 g/mol. The number of allylic oxidation sites excluding steroid dienone is 1. The molecule has 0 bridgehead atoms. The van der Waals surface area contributed by atoms with Crippen LogP contribution in [0.25, 0.3) is 0 Å². The first-order chi connectivity index (χ1) is 30.6. The van der Waals surface area contributed by atoms with Gasteiger partial charge in [-0.05, 0) is 91.1 Å². The minimum atomic E-state index is -1.54. The number of hydrogen-bond donors (Lipinski definition) is 2. The number of unbranched alkanes of at least 4 members (excludes halogenated alkanes) is 2. The highest BCUT2D eigenvalue weighted by Crippen LogP contribution is 2.62. The van der Waals surface area contributed by atoms with Crippen molar-refractivity contribution in [2.45, 2.75) is 69.3 Å². The van der Waals surface area contributed by atoms with Gasteiger partial charge in [0.25, 0.3) is 11.4 Å². The topological polar surface area (TPSA) is 209 Å². The quantitative estimate of drug-likeness (QED) is 0.0338. The maximum atomic E-state index is 14.3. The van der Waals surface area contributed by atoms with Crippen LogP contribution in [0.1, 0.15) is 62.0 Å². The van der Waals surface area contributed by atoms with E-state index < -0.39 is 33.7 Å². The second-order valence-corrected chi connectivity index (χ2v) is 16.4. The summed E-state index contributed by atoms with van der Waals surface area (Å²) in [5.41, 5.74) is 2.74. The fraction of sp³-hybridized carbons (Fsp3) is 0.478. The molecule has 6 atom stereocenters. The number of ether oxygens (including phenoxy) is 4. The molecule has 0 radical (unpaired) electrons. The molecule has 17 nitrogen and oxygen atoms in total. The molecule has 3 aromatic carbocycles. The molecule has 1 amide bonds. The zero-order valence-electron chi connectivity index (χ0n) is 35.4. The van der Waals surface area contributed by atoms with Gasteiger partial charge in [0, 0.05) is 82.1 Å². The molecule has 4 aliphatic rings. The first-order valence-electron chi connectivity index (χ1n) is 21.5. The summed E-state index contributed by atoms with van der Waals surface area (Å²) in [6.07, 6.45) is 7.43. The summed E-state index contributed by atoms with van der Waals surface area (Å²) >= 11 is 0. The fourth-order valence-electron chi connectivity index (χ4n) is 9.24. The summed E-state index contributed by atoms with van der Waals surface area (Å²) in [5.74, 6) is -1.05. The Morgan fingerprint density at radius 1 is 0.968 bits per heavy atom. The molecule has 2 N–H and O–H groups in total. The van der Waals surface area contributed by atoms with Gasteiger partial charge in [-0.2, -0.15) is 0 Å². The van der Waals surface area contributed by atoms with Gasteiger partial charge < -0.3 is 38.9 Å². The molecular formula is C46H55N5O12. The zero-order chi connectivity index (χ0) is 44.5. The smallest absolute Gasteiger partial charge is 0.415 e. The van der Waals surface area contributed by atoms with E-state index in [1.165, 1.54) is 41.3 Å². The summed E-state index contributed by atoms with van der Waals surface area (Å²) in [5, 5.41) is 47.2. The highest BCUT2D eigenvalue weighted by molar-refractivity contribution is 6.03. The van der Waals surface area contributed by atoms with E-state index in [1.54, 1.807) is 25.3 Å². The number of oxime groups is 1. The van der Waals surface area contributed by atoms with Crippen LogP contribution in [0.5, 0.6) is 17.2 Å². The number of fused-ring (bicyclic) bond motifs is 2. The number of benzene rings is 3. The summed E-state index contributed by atoms with van der Waals surface area (Å²) < 4.78 is 26.3. The molecule has 336 valence electrons. The van der Waals surface area contributed by atoms with E-state index in [9.17, 15) is 35.2 Å². The minimum absolute atomic E-state index is 0.00282. The van der Waals surface area contributed by atoms with Crippen molar-refractivity contribution in [2.24, 2.45) is 22.9 Å². The highest BCUT2D eigenvalue weighted by Gasteiger charge is 2.65. The van der Waals surface area contributed by atoms with Crippen LogP contribution >= 0.6 is 0 Å². The molecule has 2 aliphatic carbocycles. The van der Waals surface area contributed by atoms with Crippen molar-refractivity contribution in [3.63, 3.8) is 0 Å². The first-order valence-corrected chi connectivity index (χ1v) is 21.5. The number of nitrogens with zero attached hydrogens (tertiary/aromatic N) is 5. The standard InChI is InChI=1S/C46H55N5O12/c1-3-25-60-46-42(48(2)45(54)62-35-16-14-34(15-17-35)51(57)58)29-40(47-61-30-31-10-12-33(13-11-31)50(55)56)38-27-32(8-4-6-23-52)37(9-5-7-24-53)43(44(38)46)39-28-36(18-19-41(39)63-46)59-26-22-49-20-21-49/h3,10-19,27-28,32,37,42-44,52-53H,1,4-9,20-26,29-30H2,2H3/t32-,37+,42-,43+,44+,46+/m0/s1. The Hall–Kier alpha value is -5.88. The largest absolute Gasteiger partial charge is 0.492 e. The van der Waals surface area contributed by atoms with Crippen LogP contribution in [0.3, 0.4) is 0 Å². The van der Waals surface area contributed by atoms with Gasteiger partial charge in [0.15, 0.2) is 0 Å². The molecule has 0 aromatic heterocycles. The van der Waals surface area contributed by atoms with E-state index in [4.69, 9.17) is 28.9 Å². The number of likely N-dealkylation sites (N-methyl/N-ethyl adjacent to an activating group) is 1. The van der Waals surface area contributed by atoms with E-state index in [2.05, 4.69) is 17.6 Å². The number of carbonyl (C=O) groups is 1. The van der Waals surface area contributed by atoms with E-state index >= 15 is 0 Å². The molecule has 63 heavy (non-hydrogen) atoms. The highest BCUT2D eigenvalue weighted by atomic mass is 16.7. The second-order valence-electron chi connectivity index (χ2n) is 16.4. The Morgan fingerprint density at radius 3 is 2.29 bits per heavy atom. The molecule has 2 heterocycles. The SMILES string of the molecule is C=CCO[C@@]12Oc3ccc(OCCN4CC4)cc3[C@H]3[C@H](CCCCO)[C@@H](CCCCO)C=C(C(=NOCc4ccc([N+](=O)[O-])cc4)C[C@@H]1N(C)C(=O)Oc1ccc([N+](=O)[O-])cc1)[C@H]32. The number of carbonyl (C=O) groups excluding carboxylic acids is 1. The normalized spacial score (nSPS) is 24.0. The maximum absolute atomic E-state index is 14.3. The summed E-state index contributed by atoms with van der Waals surface area (Å²) in [6.45, 7) is 7.56. The lowest BCUT2D eigenvalue weighted by atomic mass is 9.55. The molecule has 17 heteroatoms. The number of hydrogen-bond acceptors (Lipinski definition) is 14. The van der Waals surface area contributed by atoms with Crippen LogP contribution in [0.4, 0.5) is 16.2 Å². The average Bonchev–Trinajstić information content (AvgIpc) is 4.12. The molecule has 2 aliphatic heterocycles. The van der Waals surface area contributed by atoms with Crippen molar-refractivity contribution in [1.82, 2.24) is 9.80 Å². The third-order valence-corrected chi connectivity index (χ3v) is 12.4. The maximum Gasteiger partial charge on any atom is 0.415 e. The number of aliphatic hydroxyl groups is 2. The number of non-ortho nitro benzene ring substituents is 2. The summed E-state index contributed by atoms with van der Waals surface area (Å²) in [4.78, 5) is 45.7. The van der Waals surface area contributed by atoms with Crippen molar-refractivity contribution in [3.05, 3.63) is 122 Å². The lowest BCUT2D eigenvalue weighted by Gasteiger charge is -2.59. The Kier molecular flexibility index (Phi) is 14.7. The Labute approximate surface area is 365 Å². The average molecular weight is 870 g/mol. The molecule has 0 unspecified atom stereocenters.